The van der Waals surface area contributed by atoms with Crippen LogP contribution < -0.4 is 0 Å². The Labute approximate surface area is 155 Å². The molecule has 0 saturated carbocycles. The fraction of sp³-hybridized carbons (Fsp3) is 0.435. The van der Waals surface area contributed by atoms with Gasteiger partial charge in [0.25, 0.3) is 0 Å². The zero-order valence-electron chi connectivity index (χ0n) is 15.5. The molecule has 1 saturated heterocycles. The van der Waals surface area contributed by atoms with Gasteiger partial charge in [0.2, 0.25) is 5.91 Å². The summed E-state index contributed by atoms with van der Waals surface area (Å²) in [5.74, 6) is 0.223. The Bertz CT molecular complexity index is 836. The van der Waals surface area contributed by atoms with Gasteiger partial charge in [-0.05, 0) is 57.5 Å². The van der Waals surface area contributed by atoms with E-state index in [1.807, 2.05) is 28.8 Å². The lowest BCUT2D eigenvalue weighted by molar-refractivity contribution is 0.0908. The molecule has 3 heteroatoms. The van der Waals surface area contributed by atoms with Crippen molar-refractivity contribution in [3.8, 4) is 0 Å². The minimum Gasteiger partial charge on any atom is -0.303 e. The van der Waals surface area contributed by atoms with Crippen LogP contribution in [0.25, 0.3) is 21.8 Å². The number of hydrogen-bond donors (Lipinski definition) is 0. The lowest BCUT2D eigenvalue weighted by atomic mass is 10.1. The molecular weight excluding hydrogens is 320 g/mol. The van der Waals surface area contributed by atoms with Crippen LogP contribution >= 0.6 is 0 Å². The molecule has 2 aromatic carbocycles. The molecule has 2 heterocycles. The molecule has 3 aromatic rings. The second-order valence-corrected chi connectivity index (χ2v) is 7.48. The van der Waals surface area contributed by atoms with Gasteiger partial charge in [0.15, 0.2) is 0 Å². The second-order valence-electron chi connectivity index (χ2n) is 7.48. The Morgan fingerprint density at radius 1 is 0.769 bits per heavy atom. The number of unbranched alkanes of at least 4 members (excludes halogenated alkanes) is 2. The topological polar surface area (TPSA) is 25.2 Å². The van der Waals surface area contributed by atoms with Crippen molar-refractivity contribution in [3.05, 3.63) is 48.5 Å². The first kappa shape index (κ1) is 17.3. The van der Waals surface area contributed by atoms with Gasteiger partial charge in [-0.1, -0.05) is 49.2 Å². The predicted octanol–water partition coefficient (Wildman–Crippen LogP) is 5.48. The van der Waals surface area contributed by atoms with Gasteiger partial charge in [-0.15, -0.1) is 0 Å². The van der Waals surface area contributed by atoms with Crippen LogP contribution in [-0.4, -0.2) is 35.0 Å². The summed E-state index contributed by atoms with van der Waals surface area (Å²) in [6.07, 6.45) is 8.05. The first-order valence-electron chi connectivity index (χ1n) is 10.1. The number of nitrogens with zero attached hydrogens (tertiary/aromatic N) is 2. The third-order valence-electron chi connectivity index (χ3n) is 5.64. The summed E-state index contributed by atoms with van der Waals surface area (Å²) in [6, 6.07) is 16.5. The van der Waals surface area contributed by atoms with Crippen LogP contribution in [0, 0.1) is 0 Å². The minimum absolute atomic E-state index is 0.223. The molecule has 3 nitrogen and oxygen atoms in total. The number of benzene rings is 2. The zero-order valence-corrected chi connectivity index (χ0v) is 15.5. The summed E-state index contributed by atoms with van der Waals surface area (Å²) < 4.78 is 1.93. The molecule has 1 aromatic heterocycles. The number of carbonyl (C=O) groups excluding carboxylic acids is 1. The largest absolute Gasteiger partial charge is 0.303 e. The van der Waals surface area contributed by atoms with E-state index in [4.69, 9.17) is 0 Å². The molecule has 0 amide bonds. The van der Waals surface area contributed by atoms with Gasteiger partial charge < -0.3 is 4.90 Å². The van der Waals surface area contributed by atoms with Crippen molar-refractivity contribution in [1.82, 2.24) is 9.47 Å². The SMILES string of the molecule is O=C(CCCCCN1CCCCC1)n1c2ccccc2c2ccccc21. The van der Waals surface area contributed by atoms with Gasteiger partial charge >= 0.3 is 0 Å². The van der Waals surface area contributed by atoms with E-state index in [0.29, 0.717) is 6.42 Å². The number of piperidine rings is 1. The molecule has 1 fully saturated rings. The second kappa shape index (κ2) is 8.05. The third kappa shape index (κ3) is 3.54. The number of rotatable bonds is 6. The average molecular weight is 348 g/mol. The van der Waals surface area contributed by atoms with E-state index in [2.05, 4.69) is 29.2 Å². The Morgan fingerprint density at radius 3 is 2.04 bits per heavy atom. The van der Waals surface area contributed by atoms with E-state index in [1.54, 1.807) is 0 Å². The predicted molar refractivity (Wildman–Crippen MR) is 109 cm³/mol. The lowest BCUT2D eigenvalue weighted by Crippen LogP contribution is -2.30. The zero-order chi connectivity index (χ0) is 17.8. The highest BCUT2D eigenvalue weighted by Gasteiger charge is 2.15. The molecule has 136 valence electrons. The van der Waals surface area contributed by atoms with Gasteiger partial charge in [-0.3, -0.25) is 9.36 Å². The highest BCUT2D eigenvalue weighted by atomic mass is 16.2. The van der Waals surface area contributed by atoms with Crippen LogP contribution in [0.5, 0.6) is 0 Å². The molecule has 0 unspecified atom stereocenters. The van der Waals surface area contributed by atoms with Crippen molar-refractivity contribution in [2.75, 3.05) is 19.6 Å². The van der Waals surface area contributed by atoms with Gasteiger partial charge in [0.1, 0.15) is 0 Å². The quantitative estimate of drug-likeness (QED) is 0.551. The van der Waals surface area contributed by atoms with Crippen LogP contribution in [0.3, 0.4) is 0 Å². The molecule has 26 heavy (non-hydrogen) atoms. The summed E-state index contributed by atoms with van der Waals surface area (Å²) in [7, 11) is 0. The van der Waals surface area contributed by atoms with Crippen LogP contribution in [0.1, 0.15) is 49.7 Å². The van der Waals surface area contributed by atoms with Gasteiger partial charge in [-0.2, -0.15) is 0 Å². The summed E-state index contributed by atoms with van der Waals surface area (Å²) in [4.78, 5) is 15.5. The van der Waals surface area contributed by atoms with E-state index < -0.39 is 0 Å². The van der Waals surface area contributed by atoms with E-state index >= 15 is 0 Å². The number of fused-ring (bicyclic) bond motifs is 3. The molecule has 0 N–H and O–H groups in total. The lowest BCUT2D eigenvalue weighted by Gasteiger charge is -2.26. The first-order chi connectivity index (χ1) is 12.8. The van der Waals surface area contributed by atoms with Crippen LogP contribution in [0.4, 0.5) is 0 Å². The van der Waals surface area contributed by atoms with Crippen LogP contribution in [-0.2, 0) is 0 Å². The standard InChI is InChI=1S/C23H28N2O/c26-23(15-3-1-8-16-24-17-9-2-10-18-24)25-21-13-6-4-11-19(21)20-12-5-7-14-22(20)25/h4-7,11-14H,1-3,8-10,15-18H2. The smallest absolute Gasteiger partial charge is 0.231 e. The van der Waals surface area contributed by atoms with Crippen molar-refractivity contribution < 1.29 is 4.79 Å². The maximum absolute atomic E-state index is 13.0. The van der Waals surface area contributed by atoms with E-state index in [0.717, 1.165) is 23.9 Å². The van der Waals surface area contributed by atoms with E-state index in [9.17, 15) is 4.79 Å². The number of carbonyl (C=O) groups is 1. The summed E-state index contributed by atoms with van der Waals surface area (Å²) in [5.41, 5.74) is 2.07. The molecule has 0 atom stereocenters. The molecule has 4 rings (SSSR count). The maximum Gasteiger partial charge on any atom is 0.231 e. The minimum atomic E-state index is 0.223. The number of likely N-dealkylation sites (tertiary alicyclic amines) is 1. The van der Waals surface area contributed by atoms with E-state index in [-0.39, 0.29) is 5.91 Å². The molecule has 0 spiro atoms. The van der Waals surface area contributed by atoms with Crippen molar-refractivity contribution in [3.63, 3.8) is 0 Å². The Morgan fingerprint density at radius 2 is 1.38 bits per heavy atom. The molecular formula is C23H28N2O. The average Bonchev–Trinajstić information content (AvgIpc) is 3.03. The first-order valence-corrected chi connectivity index (χ1v) is 10.1. The van der Waals surface area contributed by atoms with Crippen molar-refractivity contribution in [2.45, 2.75) is 44.9 Å². The van der Waals surface area contributed by atoms with Crippen LogP contribution in [0.2, 0.25) is 0 Å². The Kier molecular flexibility index (Phi) is 5.35. The molecule has 0 aliphatic carbocycles. The highest BCUT2D eigenvalue weighted by molar-refractivity contribution is 6.13. The number of aromatic nitrogens is 1. The highest BCUT2D eigenvalue weighted by Crippen LogP contribution is 2.29. The summed E-state index contributed by atoms with van der Waals surface area (Å²) in [6.45, 7) is 3.73. The Balaban J connectivity index is 1.40. The molecule has 0 radical (unpaired) electrons. The van der Waals surface area contributed by atoms with E-state index in [1.165, 1.54) is 56.1 Å². The molecule has 1 aliphatic rings. The van der Waals surface area contributed by atoms with Crippen LogP contribution in [0.15, 0.2) is 48.5 Å². The molecule has 1 aliphatic heterocycles. The fourth-order valence-corrected chi connectivity index (χ4v) is 4.27. The van der Waals surface area contributed by atoms with Crippen molar-refractivity contribution >= 4 is 27.7 Å². The van der Waals surface area contributed by atoms with Gasteiger partial charge in [0, 0.05) is 17.2 Å². The Hall–Kier alpha value is -2.13. The normalized spacial score (nSPS) is 15.7. The third-order valence-corrected chi connectivity index (χ3v) is 5.64. The van der Waals surface area contributed by atoms with Crippen molar-refractivity contribution in [2.24, 2.45) is 0 Å². The fourth-order valence-electron chi connectivity index (χ4n) is 4.27. The number of hydrogen-bond acceptors (Lipinski definition) is 2. The van der Waals surface area contributed by atoms with Gasteiger partial charge in [0.05, 0.1) is 11.0 Å². The summed E-state index contributed by atoms with van der Waals surface area (Å²) in [5, 5.41) is 2.34. The maximum atomic E-state index is 13.0. The number of para-hydroxylation sites is 2. The monoisotopic (exact) mass is 348 g/mol. The van der Waals surface area contributed by atoms with Crippen molar-refractivity contribution in [1.29, 1.82) is 0 Å². The molecule has 0 bridgehead atoms. The van der Waals surface area contributed by atoms with Gasteiger partial charge in [-0.25, -0.2) is 0 Å². The summed E-state index contributed by atoms with van der Waals surface area (Å²) >= 11 is 0.